The lowest BCUT2D eigenvalue weighted by atomic mass is 10.1. The maximum absolute atomic E-state index is 11.8. The van der Waals surface area contributed by atoms with Gasteiger partial charge in [0.1, 0.15) is 0 Å². The molecule has 124 valence electrons. The van der Waals surface area contributed by atoms with E-state index in [1.54, 1.807) is 6.08 Å². The van der Waals surface area contributed by atoms with Crippen molar-refractivity contribution in [1.29, 1.82) is 0 Å². The lowest BCUT2D eigenvalue weighted by Crippen LogP contribution is -2.10. The Labute approximate surface area is 149 Å². The number of carbonyl (C=O) groups is 2. The molecule has 3 aromatic rings. The Balaban J connectivity index is 1.63. The molecule has 1 aliphatic heterocycles. The molecule has 25 heavy (non-hydrogen) atoms. The predicted molar refractivity (Wildman–Crippen MR) is 101 cm³/mol. The molecule has 5 heteroatoms. The highest BCUT2D eigenvalue weighted by Gasteiger charge is 2.25. The van der Waals surface area contributed by atoms with E-state index in [1.807, 2.05) is 18.2 Å². The van der Waals surface area contributed by atoms with Crippen LogP contribution in [0.2, 0.25) is 0 Å². The molecule has 0 aliphatic carbocycles. The van der Waals surface area contributed by atoms with Crippen LogP contribution in [0.15, 0.2) is 66.5 Å². The van der Waals surface area contributed by atoms with Crippen LogP contribution < -0.4 is 5.32 Å². The van der Waals surface area contributed by atoms with Crippen molar-refractivity contribution in [2.24, 2.45) is 0 Å². The smallest absolute Gasteiger partial charge is 0.291 e. The lowest BCUT2D eigenvalue weighted by Gasteiger charge is -2.07. The van der Waals surface area contributed by atoms with Crippen molar-refractivity contribution in [3.63, 3.8) is 0 Å². The zero-order valence-corrected chi connectivity index (χ0v) is 14.3. The fraction of sp³-hybridized carbons (Fsp3) is 0.100. The van der Waals surface area contributed by atoms with Gasteiger partial charge in [-0.2, -0.15) is 0 Å². The Morgan fingerprint density at radius 3 is 2.60 bits per heavy atom. The standard InChI is InChI=1S/C20H16N2O2S/c23-19-17(21-20(24)25-19)13-15-7-4-8-18-16(15)10-12-22(18)11-9-14-5-2-1-3-6-14/h1-8,10,12-13H,9,11H2,(H,21,24). The van der Waals surface area contributed by atoms with Crippen LogP contribution >= 0.6 is 11.8 Å². The summed E-state index contributed by atoms with van der Waals surface area (Å²) >= 11 is 0.702. The highest BCUT2D eigenvalue weighted by atomic mass is 32.2. The maximum Gasteiger partial charge on any atom is 0.291 e. The molecule has 0 atom stereocenters. The van der Waals surface area contributed by atoms with Crippen LogP contribution in [-0.2, 0) is 17.8 Å². The molecule has 0 radical (unpaired) electrons. The van der Waals surface area contributed by atoms with Gasteiger partial charge >= 0.3 is 0 Å². The van der Waals surface area contributed by atoms with Gasteiger partial charge in [-0.3, -0.25) is 9.59 Å². The number of nitrogens with one attached hydrogen (secondary N) is 1. The Bertz CT molecular complexity index is 989. The highest BCUT2D eigenvalue weighted by molar-refractivity contribution is 8.27. The van der Waals surface area contributed by atoms with Crippen molar-refractivity contribution in [2.45, 2.75) is 13.0 Å². The second kappa shape index (κ2) is 6.61. The number of hydrogen-bond donors (Lipinski definition) is 1. The molecule has 1 aliphatic rings. The van der Waals surface area contributed by atoms with E-state index in [1.165, 1.54) is 5.56 Å². The fourth-order valence-corrected chi connectivity index (χ4v) is 3.59. The quantitative estimate of drug-likeness (QED) is 0.719. The zero-order valence-electron chi connectivity index (χ0n) is 13.4. The third-order valence-corrected chi connectivity index (χ3v) is 4.97. The number of aryl methyl sites for hydroxylation is 2. The molecular weight excluding hydrogens is 332 g/mol. The largest absolute Gasteiger partial charge is 0.347 e. The van der Waals surface area contributed by atoms with E-state index < -0.39 is 0 Å². The molecular formula is C20H16N2O2S. The summed E-state index contributed by atoms with van der Waals surface area (Å²) in [6.45, 7) is 0.888. The monoisotopic (exact) mass is 348 g/mol. The van der Waals surface area contributed by atoms with Gasteiger partial charge in [-0.15, -0.1) is 0 Å². The number of benzene rings is 2. The van der Waals surface area contributed by atoms with Gasteiger partial charge < -0.3 is 9.88 Å². The van der Waals surface area contributed by atoms with Crippen molar-refractivity contribution in [3.05, 3.63) is 77.6 Å². The number of carbonyl (C=O) groups excluding carboxylic acids is 2. The van der Waals surface area contributed by atoms with Gasteiger partial charge in [0.05, 0.1) is 5.70 Å². The third kappa shape index (κ3) is 3.23. The molecule has 1 saturated heterocycles. The van der Waals surface area contributed by atoms with Crippen LogP contribution in [-0.4, -0.2) is 14.9 Å². The minimum absolute atomic E-state index is 0.231. The van der Waals surface area contributed by atoms with Crippen molar-refractivity contribution < 1.29 is 9.59 Å². The van der Waals surface area contributed by atoms with Gasteiger partial charge in [0.2, 0.25) is 5.12 Å². The summed E-state index contributed by atoms with van der Waals surface area (Å²) < 4.78 is 2.22. The van der Waals surface area contributed by atoms with Gasteiger partial charge in [-0.25, -0.2) is 0 Å². The van der Waals surface area contributed by atoms with Crippen LogP contribution in [0.5, 0.6) is 0 Å². The number of rotatable bonds is 4. The summed E-state index contributed by atoms with van der Waals surface area (Å²) in [4.78, 5) is 23.1. The first-order valence-corrected chi connectivity index (χ1v) is 8.89. The molecule has 4 rings (SSSR count). The summed E-state index contributed by atoms with van der Waals surface area (Å²) in [5.74, 6) is 0. The Hall–Kier alpha value is -2.79. The van der Waals surface area contributed by atoms with E-state index in [-0.39, 0.29) is 10.4 Å². The van der Waals surface area contributed by atoms with Crippen LogP contribution in [0.25, 0.3) is 17.0 Å². The number of thioether (sulfide) groups is 1. The normalized spacial score (nSPS) is 15.9. The molecule has 0 spiro atoms. The molecule has 4 nitrogen and oxygen atoms in total. The second-order valence-electron chi connectivity index (χ2n) is 5.88. The van der Waals surface area contributed by atoms with Crippen LogP contribution in [0.1, 0.15) is 11.1 Å². The number of aromatic nitrogens is 1. The van der Waals surface area contributed by atoms with Crippen molar-refractivity contribution >= 4 is 39.1 Å². The first-order valence-electron chi connectivity index (χ1n) is 8.07. The first kappa shape index (κ1) is 15.7. The fourth-order valence-electron chi connectivity index (χ4n) is 3.04. The van der Waals surface area contributed by atoms with Gasteiger partial charge in [0, 0.05) is 35.4 Å². The van der Waals surface area contributed by atoms with Gasteiger partial charge in [0.15, 0.2) is 0 Å². The third-order valence-electron chi connectivity index (χ3n) is 4.27. The lowest BCUT2D eigenvalue weighted by molar-refractivity contribution is -0.107. The number of amides is 1. The summed E-state index contributed by atoms with van der Waals surface area (Å²) in [6.07, 6.45) is 4.78. The second-order valence-corrected chi connectivity index (χ2v) is 6.83. The van der Waals surface area contributed by atoms with Gasteiger partial charge in [-0.1, -0.05) is 42.5 Å². The van der Waals surface area contributed by atoms with E-state index in [2.05, 4.69) is 52.5 Å². The van der Waals surface area contributed by atoms with E-state index in [0.717, 1.165) is 29.4 Å². The van der Waals surface area contributed by atoms with Crippen molar-refractivity contribution in [2.75, 3.05) is 0 Å². The molecule has 1 aromatic heterocycles. The van der Waals surface area contributed by atoms with E-state index in [9.17, 15) is 9.59 Å². The SMILES string of the molecule is O=C1NC(=Cc2cccc3c2ccn3CCc2ccccc2)C(=O)S1. The van der Waals surface area contributed by atoms with E-state index >= 15 is 0 Å². The predicted octanol–water partition coefficient (Wildman–Crippen LogP) is 4.21. The number of hydrogen-bond acceptors (Lipinski definition) is 3. The Kier molecular flexibility index (Phi) is 4.15. The average molecular weight is 348 g/mol. The van der Waals surface area contributed by atoms with E-state index in [4.69, 9.17) is 0 Å². The zero-order chi connectivity index (χ0) is 17.2. The molecule has 0 bridgehead atoms. The summed E-state index contributed by atoms with van der Waals surface area (Å²) in [7, 11) is 0. The first-order chi connectivity index (χ1) is 12.2. The molecule has 2 heterocycles. The Morgan fingerprint density at radius 2 is 1.84 bits per heavy atom. The average Bonchev–Trinajstić information content (AvgIpc) is 3.17. The van der Waals surface area contributed by atoms with Crippen LogP contribution in [0.4, 0.5) is 4.79 Å². The van der Waals surface area contributed by atoms with Gasteiger partial charge in [0.25, 0.3) is 5.24 Å². The minimum Gasteiger partial charge on any atom is -0.347 e. The van der Waals surface area contributed by atoms with Gasteiger partial charge in [-0.05, 0) is 35.8 Å². The van der Waals surface area contributed by atoms with Crippen LogP contribution in [0, 0.1) is 0 Å². The number of fused-ring (bicyclic) bond motifs is 1. The highest BCUT2D eigenvalue weighted by Crippen LogP contribution is 2.26. The van der Waals surface area contributed by atoms with Crippen LogP contribution in [0.3, 0.4) is 0 Å². The molecule has 0 unspecified atom stereocenters. The molecule has 1 amide bonds. The number of nitrogens with zero attached hydrogens (tertiary/aromatic N) is 1. The minimum atomic E-state index is -0.316. The Morgan fingerprint density at radius 1 is 1.00 bits per heavy atom. The topological polar surface area (TPSA) is 51.1 Å². The van der Waals surface area contributed by atoms with E-state index in [0.29, 0.717) is 17.5 Å². The maximum atomic E-state index is 11.8. The summed E-state index contributed by atoms with van der Waals surface area (Å²) in [5, 5.41) is 3.12. The molecule has 2 aromatic carbocycles. The summed E-state index contributed by atoms with van der Waals surface area (Å²) in [6, 6.07) is 18.5. The molecule has 1 fully saturated rings. The van der Waals surface area contributed by atoms with Crippen molar-refractivity contribution in [3.8, 4) is 0 Å². The molecule has 1 N–H and O–H groups in total. The molecule has 0 saturated carbocycles. The summed E-state index contributed by atoms with van der Waals surface area (Å²) in [5.41, 5.74) is 3.70. The van der Waals surface area contributed by atoms with Crippen molar-refractivity contribution in [1.82, 2.24) is 9.88 Å².